The molecule has 1 rings (SSSR count). The summed E-state index contributed by atoms with van der Waals surface area (Å²) in [5.74, 6) is -0.709. The van der Waals surface area contributed by atoms with E-state index >= 15 is 0 Å². The third-order valence-corrected chi connectivity index (χ3v) is 3.83. The molecular formula is C11H15NO6S. The van der Waals surface area contributed by atoms with Crippen LogP contribution in [0.3, 0.4) is 0 Å². The van der Waals surface area contributed by atoms with Crippen molar-refractivity contribution in [3.05, 3.63) is 24.3 Å². The van der Waals surface area contributed by atoms with Crippen molar-refractivity contribution in [3.8, 4) is 5.75 Å². The summed E-state index contributed by atoms with van der Waals surface area (Å²) in [6.07, 6.45) is -1.23. The summed E-state index contributed by atoms with van der Waals surface area (Å²) in [4.78, 5) is 10.7. The summed E-state index contributed by atoms with van der Waals surface area (Å²) in [6.45, 7) is -0.347. The SMILES string of the molecule is COc1ccc(S(=O)(=O)NCC(OC)C(=O)O)cc1. The maximum absolute atomic E-state index is 11.9. The highest BCUT2D eigenvalue weighted by molar-refractivity contribution is 7.89. The van der Waals surface area contributed by atoms with Crippen molar-refractivity contribution in [2.75, 3.05) is 20.8 Å². The summed E-state index contributed by atoms with van der Waals surface area (Å²) in [5, 5.41) is 8.73. The Labute approximate surface area is 111 Å². The van der Waals surface area contributed by atoms with E-state index in [9.17, 15) is 13.2 Å². The number of carboxylic acid groups (broad SMARTS) is 1. The molecule has 1 unspecified atom stereocenters. The minimum Gasteiger partial charge on any atom is -0.497 e. The average molecular weight is 289 g/mol. The molecule has 0 aromatic heterocycles. The molecule has 106 valence electrons. The van der Waals surface area contributed by atoms with Crippen molar-refractivity contribution in [1.29, 1.82) is 0 Å². The molecular weight excluding hydrogens is 274 g/mol. The van der Waals surface area contributed by atoms with Crippen molar-refractivity contribution in [1.82, 2.24) is 4.72 Å². The van der Waals surface area contributed by atoms with E-state index in [-0.39, 0.29) is 11.4 Å². The lowest BCUT2D eigenvalue weighted by molar-refractivity contribution is -0.147. The second-order valence-electron chi connectivity index (χ2n) is 3.59. The van der Waals surface area contributed by atoms with Crippen molar-refractivity contribution in [2.24, 2.45) is 0 Å². The lowest BCUT2D eigenvalue weighted by Crippen LogP contribution is -2.37. The van der Waals surface area contributed by atoms with Gasteiger partial charge in [-0.2, -0.15) is 0 Å². The van der Waals surface area contributed by atoms with Gasteiger partial charge in [0, 0.05) is 13.7 Å². The first kappa shape index (κ1) is 15.4. The Hall–Kier alpha value is -1.64. The van der Waals surface area contributed by atoms with E-state index in [1.54, 1.807) is 0 Å². The lowest BCUT2D eigenvalue weighted by Gasteiger charge is -2.12. The quantitative estimate of drug-likeness (QED) is 0.736. The van der Waals surface area contributed by atoms with Gasteiger partial charge in [0.2, 0.25) is 10.0 Å². The molecule has 0 aliphatic heterocycles. The fraction of sp³-hybridized carbons (Fsp3) is 0.364. The predicted octanol–water partition coefficient (Wildman–Crippen LogP) is 0.0731. The van der Waals surface area contributed by atoms with Crippen molar-refractivity contribution < 1.29 is 27.8 Å². The summed E-state index contributed by atoms with van der Waals surface area (Å²) in [6, 6.07) is 5.73. The van der Waals surface area contributed by atoms with E-state index in [4.69, 9.17) is 9.84 Å². The highest BCUT2D eigenvalue weighted by Gasteiger charge is 2.21. The van der Waals surface area contributed by atoms with Crippen LogP contribution in [0.2, 0.25) is 0 Å². The molecule has 0 bridgehead atoms. The highest BCUT2D eigenvalue weighted by Crippen LogP contribution is 2.15. The standard InChI is InChI=1S/C11H15NO6S/c1-17-8-3-5-9(6-4-8)19(15,16)12-7-10(18-2)11(13)14/h3-6,10,12H,7H2,1-2H3,(H,13,14). The fourth-order valence-electron chi connectivity index (χ4n) is 1.30. The van der Waals surface area contributed by atoms with Gasteiger partial charge >= 0.3 is 5.97 Å². The fourth-order valence-corrected chi connectivity index (χ4v) is 2.33. The number of hydrogen-bond acceptors (Lipinski definition) is 5. The average Bonchev–Trinajstić information content (AvgIpc) is 2.39. The van der Waals surface area contributed by atoms with Crippen LogP contribution in [0, 0.1) is 0 Å². The first-order valence-corrected chi connectivity index (χ1v) is 6.78. The third kappa shape index (κ3) is 4.19. The van der Waals surface area contributed by atoms with Crippen LogP contribution in [0.25, 0.3) is 0 Å². The van der Waals surface area contributed by atoms with Gasteiger partial charge in [-0.25, -0.2) is 17.9 Å². The Morgan fingerprint density at radius 3 is 2.32 bits per heavy atom. The first-order valence-electron chi connectivity index (χ1n) is 5.30. The molecule has 0 aliphatic carbocycles. The third-order valence-electron chi connectivity index (χ3n) is 2.39. The maximum Gasteiger partial charge on any atom is 0.334 e. The molecule has 0 aliphatic rings. The van der Waals surface area contributed by atoms with Gasteiger partial charge in [-0.05, 0) is 24.3 Å². The summed E-state index contributed by atoms with van der Waals surface area (Å²) in [7, 11) is -1.11. The van der Waals surface area contributed by atoms with Gasteiger partial charge in [-0.15, -0.1) is 0 Å². The molecule has 7 nitrogen and oxygen atoms in total. The molecule has 0 heterocycles. The zero-order valence-electron chi connectivity index (χ0n) is 10.5. The summed E-state index contributed by atoms with van der Waals surface area (Å²) in [5.41, 5.74) is 0. The number of nitrogens with one attached hydrogen (secondary N) is 1. The molecule has 1 atom stereocenters. The number of benzene rings is 1. The lowest BCUT2D eigenvalue weighted by atomic mass is 10.3. The van der Waals surface area contributed by atoms with Crippen LogP contribution in [0.4, 0.5) is 0 Å². The van der Waals surface area contributed by atoms with Crippen LogP contribution in [-0.2, 0) is 19.6 Å². The maximum atomic E-state index is 11.9. The van der Waals surface area contributed by atoms with Crippen LogP contribution in [0.1, 0.15) is 0 Å². The topological polar surface area (TPSA) is 102 Å². The second kappa shape index (κ2) is 6.50. The number of sulfonamides is 1. The van der Waals surface area contributed by atoms with E-state index in [1.165, 1.54) is 38.5 Å². The minimum atomic E-state index is -3.77. The Bertz CT molecular complexity index is 525. The van der Waals surface area contributed by atoms with Gasteiger partial charge in [-0.3, -0.25) is 0 Å². The monoisotopic (exact) mass is 289 g/mol. The molecule has 1 aromatic carbocycles. The molecule has 1 aromatic rings. The number of methoxy groups -OCH3 is 2. The number of hydrogen-bond donors (Lipinski definition) is 2. The Morgan fingerprint density at radius 1 is 1.32 bits per heavy atom. The van der Waals surface area contributed by atoms with Crippen molar-refractivity contribution in [2.45, 2.75) is 11.0 Å². The number of carbonyl (C=O) groups is 1. The number of carboxylic acids is 1. The summed E-state index contributed by atoms with van der Waals surface area (Å²) < 4.78 is 35.5. The summed E-state index contributed by atoms with van der Waals surface area (Å²) >= 11 is 0. The van der Waals surface area contributed by atoms with Crippen LogP contribution in [0.5, 0.6) is 5.75 Å². The van der Waals surface area contributed by atoms with E-state index in [0.717, 1.165) is 0 Å². The van der Waals surface area contributed by atoms with E-state index in [1.807, 2.05) is 0 Å². The Kier molecular flexibility index (Phi) is 5.28. The molecule has 0 fully saturated rings. The van der Waals surface area contributed by atoms with Gasteiger partial charge in [-0.1, -0.05) is 0 Å². The molecule has 2 N–H and O–H groups in total. The predicted molar refractivity (Wildman–Crippen MR) is 66.6 cm³/mol. The van der Waals surface area contributed by atoms with Crippen molar-refractivity contribution in [3.63, 3.8) is 0 Å². The number of ether oxygens (including phenoxy) is 2. The van der Waals surface area contributed by atoms with E-state index in [0.29, 0.717) is 5.75 Å². The van der Waals surface area contributed by atoms with Crippen LogP contribution >= 0.6 is 0 Å². The normalized spacial score (nSPS) is 12.9. The molecule has 8 heteroatoms. The minimum absolute atomic E-state index is 0.0218. The van der Waals surface area contributed by atoms with Crippen LogP contribution < -0.4 is 9.46 Å². The zero-order chi connectivity index (χ0) is 14.5. The number of aliphatic carboxylic acids is 1. The second-order valence-corrected chi connectivity index (χ2v) is 5.36. The first-order chi connectivity index (χ1) is 8.90. The van der Waals surface area contributed by atoms with Crippen molar-refractivity contribution >= 4 is 16.0 Å². The van der Waals surface area contributed by atoms with Gasteiger partial charge in [0.15, 0.2) is 6.10 Å². The van der Waals surface area contributed by atoms with E-state index < -0.39 is 22.1 Å². The molecule has 19 heavy (non-hydrogen) atoms. The molecule has 0 amide bonds. The zero-order valence-corrected chi connectivity index (χ0v) is 11.3. The van der Waals surface area contributed by atoms with Gasteiger partial charge in [0.05, 0.1) is 12.0 Å². The number of rotatable bonds is 7. The molecule has 0 saturated heterocycles. The van der Waals surface area contributed by atoms with E-state index in [2.05, 4.69) is 9.46 Å². The smallest absolute Gasteiger partial charge is 0.334 e. The Balaban J connectivity index is 2.77. The van der Waals surface area contributed by atoms with Gasteiger partial charge in [0.25, 0.3) is 0 Å². The largest absolute Gasteiger partial charge is 0.497 e. The molecule has 0 radical (unpaired) electrons. The molecule has 0 saturated carbocycles. The highest BCUT2D eigenvalue weighted by atomic mass is 32.2. The Morgan fingerprint density at radius 2 is 1.89 bits per heavy atom. The molecule has 0 spiro atoms. The van der Waals surface area contributed by atoms with Crippen LogP contribution in [0.15, 0.2) is 29.2 Å². The van der Waals surface area contributed by atoms with Gasteiger partial charge < -0.3 is 14.6 Å². The van der Waals surface area contributed by atoms with Gasteiger partial charge in [0.1, 0.15) is 5.75 Å². The van der Waals surface area contributed by atoms with Crippen LogP contribution in [-0.4, -0.2) is 46.4 Å².